The van der Waals surface area contributed by atoms with E-state index in [1.54, 1.807) is 42.5 Å². The molecule has 0 atom stereocenters. The van der Waals surface area contributed by atoms with Crippen LogP contribution >= 0.6 is 11.6 Å². The number of H-pyrrole nitrogens is 1. The lowest BCUT2D eigenvalue weighted by atomic mass is 10.1. The molecule has 2 N–H and O–H groups in total. The third kappa shape index (κ3) is 2.53. The number of hydrogen-bond acceptors (Lipinski definition) is 2. The summed E-state index contributed by atoms with van der Waals surface area (Å²) in [4.78, 5) is 27.5. The number of fused-ring (bicyclic) bond motifs is 1. The van der Waals surface area contributed by atoms with Crippen LogP contribution in [0.2, 0.25) is 5.02 Å². The number of para-hydroxylation sites is 2. The highest BCUT2D eigenvalue weighted by Gasteiger charge is 2.14. The van der Waals surface area contributed by atoms with Gasteiger partial charge in [0, 0.05) is 17.3 Å². The summed E-state index contributed by atoms with van der Waals surface area (Å²) in [5.41, 5.74) is 0.863. The zero-order valence-corrected chi connectivity index (χ0v) is 11.6. The third-order valence-corrected chi connectivity index (χ3v) is 3.45. The minimum Gasteiger partial charge on any atom is -0.359 e. The van der Waals surface area contributed by atoms with E-state index >= 15 is 0 Å². The second-order valence-electron chi connectivity index (χ2n) is 4.51. The molecule has 0 aliphatic heterocycles. The lowest BCUT2D eigenvalue weighted by Crippen LogP contribution is -2.21. The van der Waals surface area contributed by atoms with Gasteiger partial charge in [-0.15, -0.1) is 0 Å². The number of aromatic nitrogens is 1. The maximum absolute atomic E-state index is 12.4. The van der Waals surface area contributed by atoms with Crippen LogP contribution in [0.4, 0.5) is 5.69 Å². The van der Waals surface area contributed by atoms with Gasteiger partial charge >= 0.3 is 0 Å². The summed E-state index contributed by atoms with van der Waals surface area (Å²) in [6.45, 7) is 0. The first-order chi connectivity index (χ1) is 10.2. The highest BCUT2D eigenvalue weighted by atomic mass is 35.5. The van der Waals surface area contributed by atoms with Crippen LogP contribution < -0.4 is 10.7 Å². The van der Waals surface area contributed by atoms with Crippen LogP contribution in [-0.2, 0) is 0 Å². The predicted molar refractivity (Wildman–Crippen MR) is 84.0 cm³/mol. The summed E-state index contributed by atoms with van der Waals surface area (Å²) in [7, 11) is 0. The van der Waals surface area contributed by atoms with Crippen LogP contribution in [0.1, 0.15) is 10.4 Å². The van der Waals surface area contributed by atoms with Gasteiger partial charge in [-0.3, -0.25) is 9.59 Å². The number of hydrogen-bond donors (Lipinski definition) is 2. The van der Waals surface area contributed by atoms with E-state index in [4.69, 9.17) is 11.6 Å². The van der Waals surface area contributed by atoms with Crippen molar-refractivity contribution in [2.45, 2.75) is 0 Å². The summed E-state index contributed by atoms with van der Waals surface area (Å²) in [6.07, 6.45) is 1.38. The van der Waals surface area contributed by atoms with Gasteiger partial charge < -0.3 is 10.3 Å². The van der Waals surface area contributed by atoms with Gasteiger partial charge in [0.2, 0.25) is 5.43 Å². The fourth-order valence-corrected chi connectivity index (χ4v) is 2.33. The monoisotopic (exact) mass is 298 g/mol. The van der Waals surface area contributed by atoms with Gasteiger partial charge in [0.15, 0.2) is 0 Å². The summed E-state index contributed by atoms with van der Waals surface area (Å²) in [5.74, 6) is -0.454. The smallest absolute Gasteiger partial charge is 0.261 e. The van der Waals surface area contributed by atoms with Crippen LogP contribution in [0.5, 0.6) is 0 Å². The number of halogens is 1. The van der Waals surface area contributed by atoms with Crippen LogP contribution in [0.15, 0.2) is 59.5 Å². The molecule has 2 aromatic carbocycles. The Balaban J connectivity index is 2.03. The number of carbonyl (C=O) groups is 1. The molecule has 0 fully saturated rings. The lowest BCUT2D eigenvalue weighted by molar-refractivity contribution is 0.102. The maximum atomic E-state index is 12.4. The molecule has 1 heterocycles. The normalized spacial score (nSPS) is 10.5. The Morgan fingerprint density at radius 2 is 1.81 bits per heavy atom. The van der Waals surface area contributed by atoms with E-state index in [2.05, 4.69) is 10.3 Å². The predicted octanol–water partition coefficient (Wildman–Crippen LogP) is 3.43. The largest absolute Gasteiger partial charge is 0.359 e. The molecule has 0 spiro atoms. The number of benzene rings is 2. The van der Waals surface area contributed by atoms with Crippen molar-refractivity contribution in [3.8, 4) is 0 Å². The number of pyridine rings is 1. The molecule has 0 aliphatic rings. The van der Waals surface area contributed by atoms with E-state index < -0.39 is 5.91 Å². The molecule has 4 nitrogen and oxygen atoms in total. The Hall–Kier alpha value is -2.59. The molecular formula is C16H11ClN2O2. The molecule has 0 saturated heterocycles. The Morgan fingerprint density at radius 3 is 2.57 bits per heavy atom. The van der Waals surface area contributed by atoms with E-state index in [9.17, 15) is 9.59 Å². The number of rotatable bonds is 2. The Labute approximate surface area is 125 Å². The first-order valence-electron chi connectivity index (χ1n) is 6.33. The number of anilines is 1. The molecule has 0 aliphatic carbocycles. The molecule has 1 amide bonds. The first kappa shape index (κ1) is 13.4. The summed E-state index contributed by atoms with van der Waals surface area (Å²) < 4.78 is 0. The summed E-state index contributed by atoms with van der Waals surface area (Å²) in [5, 5.41) is 3.52. The minimum absolute atomic E-state index is 0.0496. The zero-order chi connectivity index (χ0) is 14.8. The fourth-order valence-electron chi connectivity index (χ4n) is 2.10. The van der Waals surface area contributed by atoms with Crippen molar-refractivity contribution in [3.63, 3.8) is 0 Å². The number of aromatic amines is 1. The second kappa shape index (κ2) is 5.42. The van der Waals surface area contributed by atoms with Crippen molar-refractivity contribution in [3.05, 3.63) is 75.5 Å². The molecule has 0 unspecified atom stereocenters. The highest BCUT2D eigenvalue weighted by molar-refractivity contribution is 6.35. The summed E-state index contributed by atoms with van der Waals surface area (Å²) >= 11 is 6.02. The Morgan fingerprint density at radius 1 is 1.05 bits per heavy atom. The number of nitrogens with one attached hydrogen (secondary N) is 2. The van der Waals surface area contributed by atoms with Gasteiger partial charge in [0.1, 0.15) is 5.56 Å². The second-order valence-corrected chi connectivity index (χ2v) is 4.92. The van der Waals surface area contributed by atoms with Crippen molar-refractivity contribution in [1.82, 2.24) is 4.98 Å². The minimum atomic E-state index is -0.454. The third-order valence-electron chi connectivity index (χ3n) is 3.14. The molecule has 5 heteroatoms. The van der Waals surface area contributed by atoms with E-state index in [-0.39, 0.29) is 11.0 Å². The molecule has 104 valence electrons. The van der Waals surface area contributed by atoms with Gasteiger partial charge in [0.25, 0.3) is 5.91 Å². The fraction of sp³-hybridized carbons (Fsp3) is 0. The van der Waals surface area contributed by atoms with Gasteiger partial charge in [-0.2, -0.15) is 0 Å². The standard InChI is InChI=1S/C16H11ClN2O2/c17-13-8-4-7-11-14(13)18-9-12(15(11)20)16(21)19-10-5-2-1-3-6-10/h1-9H,(H,18,20)(H,19,21). The van der Waals surface area contributed by atoms with Crippen LogP contribution in [0.3, 0.4) is 0 Å². The zero-order valence-electron chi connectivity index (χ0n) is 10.9. The van der Waals surface area contributed by atoms with Crippen molar-refractivity contribution in [1.29, 1.82) is 0 Å². The average molecular weight is 299 g/mol. The molecule has 21 heavy (non-hydrogen) atoms. The van der Waals surface area contributed by atoms with Crippen molar-refractivity contribution in [2.24, 2.45) is 0 Å². The van der Waals surface area contributed by atoms with Gasteiger partial charge in [0.05, 0.1) is 10.5 Å². The first-order valence-corrected chi connectivity index (χ1v) is 6.71. The van der Waals surface area contributed by atoms with E-state index in [1.165, 1.54) is 6.20 Å². The SMILES string of the molecule is O=C(Nc1ccccc1)c1c[nH]c2c(Cl)cccc2c1=O. The maximum Gasteiger partial charge on any atom is 0.261 e. The lowest BCUT2D eigenvalue weighted by Gasteiger charge is -2.06. The van der Waals surface area contributed by atoms with Crippen molar-refractivity contribution < 1.29 is 4.79 Å². The highest BCUT2D eigenvalue weighted by Crippen LogP contribution is 2.19. The number of carbonyl (C=O) groups excluding carboxylic acids is 1. The van der Waals surface area contributed by atoms with Crippen molar-refractivity contribution >= 4 is 34.1 Å². The molecule has 0 radical (unpaired) electrons. The molecular weight excluding hydrogens is 288 g/mol. The topological polar surface area (TPSA) is 62.0 Å². The van der Waals surface area contributed by atoms with E-state index in [1.807, 2.05) is 6.07 Å². The van der Waals surface area contributed by atoms with E-state index in [0.717, 1.165) is 0 Å². The van der Waals surface area contributed by atoms with Gasteiger partial charge in [-0.1, -0.05) is 35.9 Å². The average Bonchev–Trinajstić information content (AvgIpc) is 2.49. The molecule has 3 aromatic rings. The summed E-state index contributed by atoms with van der Waals surface area (Å²) in [6, 6.07) is 14.0. The van der Waals surface area contributed by atoms with Crippen LogP contribution in [0, 0.1) is 0 Å². The van der Waals surface area contributed by atoms with Gasteiger partial charge in [-0.05, 0) is 24.3 Å². The quantitative estimate of drug-likeness (QED) is 0.761. The molecule has 3 rings (SSSR count). The van der Waals surface area contributed by atoms with Crippen LogP contribution in [0.25, 0.3) is 10.9 Å². The van der Waals surface area contributed by atoms with Crippen molar-refractivity contribution in [2.75, 3.05) is 5.32 Å². The number of amides is 1. The Bertz CT molecular complexity index is 872. The molecule has 1 aromatic heterocycles. The Kier molecular flexibility index (Phi) is 3.46. The van der Waals surface area contributed by atoms with Crippen LogP contribution in [-0.4, -0.2) is 10.9 Å². The van der Waals surface area contributed by atoms with Gasteiger partial charge in [-0.25, -0.2) is 0 Å². The molecule has 0 bridgehead atoms. The molecule has 0 saturated carbocycles. The van der Waals surface area contributed by atoms with E-state index in [0.29, 0.717) is 21.6 Å².